The number of β-amino-alcohol motifs (C(OH)–C–C–N with tert-alkyl or cyclic N) is 1. The summed E-state index contributed by atoms with van der Waals surface area (Å²) in [6.45, 7) is 4.48. The molecular formula is C13H19N3O3. The molecule has 104 valence electrons. The van der Waals surface area contributed by atoms with Crippen molar-refractivity contribution in [2.45, 2.75) is 6.10 Å². The number of non-ortho nitro benzene ring substituents is 1. The number of nitro groups is 1. The van der Waals surface area contributed by atoms with E-state index >= 15 is 0 Å². The summed E-state index contributed by atoms with van der Waals surface area (Å²) in [4.78, 5) is 14.6. The highest BCUT2D eigenvalue weighted by Gasteiger charge is 2.18. The molecule has 1 aromatic rings. The zero-order valence-corrected chi connectivity index (χ0v) is 11.0. The van der Waals surface area contributed by atoms with E-state index in [9.17, 15) is 15.2 Å². The van der Waals surface area contributed by atoms with Gasteiger partial charge in [0.2, 0.25) is 0 Å². The quantitative estimate of drug-likeness (QED) is 0.646. The summed E-state index contributed by atoms with van der Waals surface area (Å²) in [5.41, 5.74) is 0.778. The summed E-state index contributed by atoms with van der Waals surface area (Å²) in [7, 11) is 2.09. The van der Waals surface area contributed by atoms with Gasteiger partial charge in [0.25, 0.3) is 5.69 Å². The molecule has 1 aliphatic rings. The molecule has 1 N–H and O–H groups in total. The van der Waals surface area contributed by atoms with Gasteiger partial charge in [-0.25, -0.2) is 0 Å². The molecule has 19 heavy (non-hydrogen) atoms. The van der Waals surface area contributed by atoms with Gasteiger partial charge in [0.15, 0.2) is 0 Å². The third-order valence-corrected chi connectivity index (χ3v) is 3.52. The molecule has 0 aliphatic carbocycles. The summed E-state index contributed by atoms with van der Waals surface area (Å²) in [6, 6.07) is 6.11. The first-order valence-electron chi connectivity index (χ1n) is 6.39. The molecule has 1 aliphatic heterocycles. The Kier molecular flexibility index (Phi) is 4.47. The third kappa shape index (κ3) is 3.73. The molecule has 6 heteroatoms. The van der Waals surface area contributed by atoms with Crippen molar-refractivity contribution in [1.29, 1.82) is 0 Å². The Bertz CT molecular complexity index is 427. The summed E-state index contributed by atoms with van der Waals surface area (Å²) < 4.78 is 0. The lowest BCUT2D eigenvalue weighted by Crippen LogP contribution is -2.45. The average molecular weight is 265 g/mol. The van der Waals surface area contributed by atoms with E-state index < -0.39 is 11.0 Å². The lowest BCUT2D eigenvalue weighted by molar-refractivity contribution is -0.384. The Morgan fingerprint density at radius 2 is 1.84 bits per heavy atom. The van der Waals surface area contributed by atoms with Crippen molar-refractivity contribution in [1.82, 2.24) is 9.80 Å². The number of rotatable bonds is 4. The van der Waals surface area contributed by atoms with Crippen molar-refractivity contribution >= 4 is 5.69 Å². The first-order chi connectivity index (χ1) is 9.06. The molecule has 0 spiro atoms. The number of nitro benzene ring substituents is 1. The van der Waals surface area contributed by atoms with E-state index in [0.717, 1.165) is 31.7 Å². The molecule has 1 unspecified atom stereocenters. The van der Waals surface area contributed by atoms with Gasteiger partial charge < -0.3 is 10.0 Å². The molecule has 0 radical (unpaired) electrons. The number of aliphatic hydroxyl groups is 1. The highest BCUT2D eigenvalue weighted by molar-refractivity contribution is 5.33. The second kappa shape index (κ2) is 6.10. The molecule has 1 saturated heterocycles. The number of nitrogens with zero attached hydrogens (tertiary/aromatic N) is 3. The first kappa shape index (κ1) is 13.9. The van der Waals surface area contributed by atoms with E-state index in [1.165, 1.54) is 12.1 Å². The second-order valence-corrected chi connectivity index (χ2v) is 4.97. The van der Waals surface area contributed by atoms with Crippen molar-refractivity contribution in [3.63, 3.8) is 0 Å². The third-order valence-electron chi connectivity index (χ3n) is 3.52. The Hall–Kier alpha value is -1.50. The van der Waals surface area contributed by atoms with Crippen LogP contribution in [0.15, 0.2) is 24.3 Å². The predicted molar refractivity (Wildman–Crippen MR) is 72.0 cm³/mol. The van der Waals surface area contributed by atoms with Crippen LogP contribution in [0.2, 0.25) is 0 Å². The van der Waals surface area contributed by atoms with Gasteiger partial charge in [0.05, 0.1) is 11.0 Å². The molecular weight excluding hydrogens is 246 g/mol. The van der Waals surface area contributed by atoms with Crippen molar-refractivity contribution in [2.75, 3.05) is 39.8 Å². The molecule has 6 nitrogen and oxygen atoms in total. The zero-order valence-electron chi connectivity index (χ0n) is 11.0. The van der Waals surface area contributed by atoms with Crippen LogP contribution in [0.4, 0.5) is 5.69 Å². The number of benzene rings is 1. The maximum Gasteiger partial charge on any atom is 0.269 e. The van der Waals surface area contributed by atoms with Crippen molar-refractivity contribution in [3.8, 4) is 0 Å². The zero-order chi connectivity index (χ0) is 13.8. The van der Waals surface area contributed by atoms with Crippen molar-refractivity contribution < 1.29 is 10.0 Å². The number of hydrogen-bond acceptors (Lipinski definition) is 5. The van der Waals surface area contributed by atoms with E-state index in [2.05, 4.69) is 16.8 Å². The molecule has 1 heterocycles. The van der Waals surface area contributed by atoms with E-state index in [1.54, 1.807) is 12.1 Å². The maximum absolute atomic E-state index is 10.6. The van der Waals surface area contributed by atoms with E-state index in [0.29, 0.717) is 6.54 Å². The van der Waals surface area contributed by atoms with E-state index in [1.807, 2.05) is 0 Å². The van der Waals surface area contributed by atoms with Crippen LogP contribution in [-0.4, -0.2) is 59.6 Å². The molecule has 1 aromatic carbocycles. The van der Waals surface area contributed by atoms with Crippen LogP contribution in [-0.2, 0) is 0 Å². The van der Waals surface area contributed by atoms with E-state index in [4.69, 9.17) is 0 Å². The number of hydrogen-bond donors (Lipinski definition) is 1. The maximum atomic E-state index is 10.6. The minimum atomic E-state index is -0.593. The summed E-state index contributed by atoms with van der Waals surface area (Å²) in [6.07, 6.45) is -0.593. The standard InChI is InChI=1S/C13H19N3O3/c1-14-6-8-15(9-7-14)10-13(17)11-2-4-12(5-3-11)16(18)19/h2-5,13,17H,6-10H2,1H3. The minimum absolute atomic E-state index is 0.0514. The van der Waals surface area contributed by atoms with E-state index in [-0.39, 0.29) is 5.69 Å². The SMILES string of the molecule is CN1CCN(CC(O)c2ccc([N+](=O)[O-])cc2)CC1. The molecule has 0 amide bonds. The minimum Gasteiger partial charge on any atom is -0.387 e. The summed E-state index contributed by atoms with van der Waals surface area (Å²) >= 11 is 0. The monoisotopic (exact) mass is 265 g/mol. The van der Waals surface area contributed by atoms with Gasteiger partial charge in [-0.05, 0) is 24.7 Å². The normalized spacial score (nSPS) is 19.3. The Labute approximate surface area is 112 Å². The highest BCUT2D eigenvalue weighted by atomic mass is 16.6. The van der Waals surface area contributed by atoms with Gasteiger partial charge >= 0.3 is 0 Å². The largest absolute Gasteiger partial charge is 0.387 e. The van der Waals surface area contributed by atoms with Gasteiger partial charge in [0.1, 0.15) is 0 Å². The molecule has 1 fully saturated rings. The molecule has 1 atom stereocenters. The predicted octanol–water partition coefficient (Wildman–Crippen LogP) is 0.876. The van der Waals surface area contributed by atoms with Crippen LogP contribution >= 0.6 is 0 Å². The highest BCUT2D eigenvalue weighted by Crippen LogP contribution is 2.19. The van der Waals surface area contributed by atoms with Gasteiger partial charge in [-0.2, -0.15) is 0 Å². The van der Waals surface area contributed by atoms with Crippen LogP contribution < -0.4 is 0 Å². The fourth-order valence-corrected chi connectivity index (χ4v) is 2.20. The number of aliphatic hydroxyl groups excluding tert-OH is 1. The van der Waals surface area contributed by atoms with Crippen LogP contribution in [0.1, 0.15) is 11.7 Å². The summed E-state index contributed by atoms with van der Waals surface area (Å²) in [5.74, 6) is 0. The Morgan fingerprint density at radius 1 is 1.26 bits per heavy atom. The molecule has 0 aromatic heterocycles. The van der Waals surface area contributed by atoms with Crippen LogP contribution in [0, 0.1) is 10.1 Å². The number of piperazine rings is 1. The molecule has 2 rings (SSSR count). The van der Waals surface area contributed by atoms with Crippen LogP contribution in [0.25, 0.3) is 0 Å². The molecule has 0 bridgehead atoms. The lowest BCUT2D eigenvalue weighted by Gasteiger charge is -2.33. The van der Waals surface area contributed by atoms with Crippen molar-refractivity contribution in [3.05, 3.63) is 39.9 Å². The average Bonchev–Trinajstić information content (AvgIpc) is 2.41. The smallest absolute Gasteiger partial charge is 0.269 e. The fraction of sp³-hybridized carbons (Fsp3) is 0.538. The topological polar surface area (TPSA) is 69.8 Å². The van der Waals surface area contributed by atoms with Gasteiger partial charge in [0, 0.05) is 44.9 Å². The second-order valence-electron chi connectivity index (χ2n) is 4.97. The lowest BCUT2D eigenvalue weighted by atomic mass is 10.1. The fourth-order valence-electron chi connectivity index (χ4n) is 2.20. The van der Waals surface area contributed by atoms with Crippen LogP contribution in [0.3, 0.4) is 0 Å². The Morgan fingerprint density at radius 3 is 2.37 bits per heavy atom. The molecule has 0 saturated carbocycles. The van der Waals surface area contributed by atoms with Gasteiger partial charge in [-0.15, -0.1) is 0 Å². The van der Waals surface area contributed by atoms with Crippen LogP contribution in [0.5, 0.6) is 0 Å². The van der Waals surface area contributed by atoms with Gasteiger partial charge in [-0.3, -0.25) is 15.0 Å². The van der Waals surface area contributed by atoms with Crippen molar-refractivity contribution in [2.24, 2.45) is 0 Å². The first-order valence-corrected chi connectivity index (χ1v) is 6.39. The van der Waals surface area contributed by atoms with Gasteiger partial charge in [-0.1, -0.05) is 0 Å². The Balaban J connectivity index is 1.92. The summed E-state index contributed by atoms with van der Waals surface area (Å²) in [5, 5.41) is 20.7. The number of likely N-dealkylation sites (N-methyl/N-ethyl adjacent to an activating group) is 1.